The molecule has 0 aliphatic rings. The Morgan fingerprint density at radius 3 is 1.10 bits per heavy atom. The lowest BCUT2D eigenvalue weighted by atomic mass is 10.1. The van der Waals surface area contributed by atoms with Crippen LogP contribution in [0.3, 0.4) is 0 Å². The van der Waals surface area contributed by atoms with Gasteiger partial charge in [-0.1, -0.05) is 245 Å². The number of rotatable bonds is 56. The number of hydrogen-bond donors (Lipinski definition) is 0. The van der Waals surface area contributed by atoms with Crippen LogP contribution in [0.5, 0.6) is 0 Å². The second kappa shape index (κ2) is 58.1. The second-order valence-corrected chi connectivity index (χ2v) is 23.1. The third-order valence-corrected chi connectivity index (χ3v) is 13.9. The number of carbonyl (C=O) groups is 2. The summed E-state index contributed by atoms with van der Waals surface area (Å²) in [7, 11) is 1.15. The van der Waals surface area contributed by atoms with Crippen molar-refractivity contribution in [2.75, 3.05) is 47.5 Å². The molecule has 10 heteroatoms. The molecule has 0 radical (unpaired) electrons. The van der Waals surface area contributed by atoms with Crippen LogP contribution in [0.1, 0.15) is 245 Å². The van der Waals surface area contributed by atoms with E-state index in [4.69, 9.17) is 18.5 Å². The molecule has 2 atom stereocenters. The largest absolute Gasteiger partial charge is 0.756 e. The second-order valence-electron chi connectivity index (χ2n) is 21.7. The minimum atomic E-state index is -4.65. The van der Waals surface area contributed by atoms with Gasteiger partial charge in [-0.25, -0.2) is 0 Å². The van der Waals surface area contributed by atoms with Crippen LogP contribution in [0.25, 0.3) is 0 Å². The van der Waals surface area contributed by atoms with Crippen molar-refractivity contribution in [1.82, 2.24) is 0 Å². The number of phosphoric ester groups is 1. The van der Waals surface area contributed by atoms with Crippen LogP contribution in [-0.2, 0) is 32.7 Å². The number of phosphoric acid groups is 1. The van der Waals surface area contributed by atoms with Crippen molar-refractivity contribution in [1.29, 1.82) is 0 Å². The van der Waals surface area contributed by atoms with Crippen LogP contribution in [0.15, 0.2) is 122 Å². The molecule has 78 heavy (non-hydrogen) atoms. The molecule has 9 nitrogen and oxygen atoms in total. The fourth-order valence-electron chi connectivity index (χ4n) is 8.17. The van der Waals surface area contributed by atoms with E-state index in [-0.39, 0.29) is 26.1 Å². The zero-order chi connectivity index (χ0) is 57.0. The summed E-state index contributed by atoms with van der Waals surface area (Å²) in [5, 5.41) is 0. The molecule has 0 bridgehead atoms. The van der Waals surface area contributed by atoms with Gasteiger partial charge in [0.25, 0.3) is 7.82 Å². The number of unbranched alkanes of at least 4 members (excludes halogenated alkanes) is 22. The highest BCUT2D eigenvalue weighted by atomic mass is 31.2. The molecule has 0 fully saturated rings. The molecule has 0 saturated carbocycles. The van der Waals surface area contributed by atoms with E-state index in [9.17, 15) is 19.0 Å². The lowest BCUT2D eigenvalue weighted by Crippen LogP contribution is -2.37. The standard InChI is InChI=1S/C68H116NO8P/c1-6-8-10-12-14-16-18-20-22-24-25-26-27-28-29-30-31-32-33-34-35-36-37-38-39-40-41-42-43-45-47-49-51-53-55-57-59-61-68(71)77-66(65-76-78(72,73)75-63-62-69(3,4)5)64-74-67(70)60-58-56-54-52-50-48-46-44-23-21-19-17-15-13-11-9-7-2/h8,10,14,16,20-23,25-26,28-29,31-32,34-35,37-38,40-41,66H,6-7,9,11-13,15,17-19,24,27,30,33,36,39,42-65H2,1-5H3/b10-8-,16-14-,22-20-,23-21-,26-25-,29-28-,32-31-,35-34-,38-37-,41-40-. The van der Waals surface area contributed by atoms with Crippen molar-refractivity contribution in [3.63, 3.8) is 0 Å². The average molecular weight is 1110 g/mol. The molecule has 2 unspecified atom stereocenters. The third kappa shape index (κ3) is 61.6. The zero-order valence-corrected chi connectivity index (χ0v) is 51.5. The summed E-state index contributed by atoms with van der Waals surface area (Å²) in [5.74, 6) is -0.849. The molecular weight excluding hydrogens is 990 g/mol. The van der Waals surface area contributed by atoms with E-state index >= 15 is 0 Å². The molecule has 0 amide bonds. The van der Waals surface area contributed by atoms with Crippen LogP contribution >= 0.6 is 7.82 Å². The maximum atomic E-state index is 12.8. The highest BCUT2D eigenvalue weighted by Gasteiger charge is 2.22. The van der Waals surface area contributed by atoms with Gasteiger partial charge >= 0.3 is 11.9 Å². The number of esters is 2. The molecule has 0 aromatic rings. The van der Waals surface area contributed by atoms with Crippen LogP contribution in [0, 0.1) is 0 Å². The Labute approximate surface area is 479 Å². The quantitative estimate of drug-likeness (QED) is 0.0195. The van der Waals surface area contributed by atoms with Gasteiger partial charge in [-0.2, -0.15) is 0 Å². The van der Waals surface area contributed by atoms with Crippen LogP contribution < -0.4 is 4.89 Å². The van der Waals surface area contributed by atoms with Gasteiger partial charge in [0.2, 0.25) is 0 Å². The van der Waals surface area contributed by atoms with Gasteiger partial charge in [-0.15, -0.1) is 0 Å². The SMILES string of the molecule is CC/C=C\C/C=C\C/C=C\C/C=C\C/C=C\C/C=C\C/C=C\C/C=C\C/C=C\CCCCCCCCCCCC(=O)OC(COC(=O)CCCCCCCCC/C=C\CCCCCCCC)COP(=O)([O-])OCC[N+](C)(C)C. The van der Waals surface area contributed by atoms with Crippen LogP contribution in [0.4, 0.5) is 0 Å². The van der Waals surface area contributed by atoms with E-state index in [0.29, 0.717) is 17.4 Å². The number of allylic oxidation sites excluding steroid dienone is 20. The first-order chi connectivity index (χ1) is 38.0. The maximum Gasteiger partial charge on any atom is 0.306 e. The summed E-state index contributed by atoms with van der Waals surface area (Å²) in [4.78, 5) is 37.9. The normalized spacial score (nSPS) is 14.1. The van der Waals surface area contributed by atoms with E-state index in [0.717, 1.165) is 116 Å². The highest BCUT2D eigenvalue weighted by molar-refractivity contribution is 7.45. The Morgan fingerprint density at radius 2 is 0.731 bits per heavy atom. The summed E-state index contributed by atoms with van der Waals surface area (Å²) in [6.45, 7) is 4.11. The van der Waals surface area contributed by atoms with Gasteiger partial charge < -0.3 is 27.9 Å². The predicted molar refractivity (Wildman–Crippen MR) is 332 cm³/mol. The van der Waals surface area contributed by atoms with Crippen molar-refractivity contribution < 1.29 is 42.1 Å². The Bertz CT molecular complexity index is 1730. The van der Waals surface area contributed by atoms with Crippen molar-refractivity contribution in [3.05, 3.63) is 122 Å². The van der Waals surface area contributed by atoms with Gasteiger partial charge in [0.15, 0.2) is 6.10 Å². The van der Waals surface area contributed by atoms with Crippen LogP contribution in [0.2, 0.25) is 0 Å². The average Bonchev–Trinajstić information content (AvgIpc) is 3.41. The number of carbonyl (C=O) groups excluding carboxylic acids is 2. The lowest BCUT2D eigenvalue weighted by molar-refractivity contribution is -0.870. The van der Waals surface area contributed by atoms with Gasteiger partial charge in [-0.3, -0.25) is 14.2 Å². The predicted octanol–water partition coefficient (Wildman–Crippen LogP) is 19.3. The van der Waals surface area contributed by atoms with Gasteiger partial charge in [0.1, 0.15) is 19.8 Å². The van der Waals surface area contributed by atoms with Crippen LogP contribution in [-0.4, -0.2) is 70.0 Å². The smallest absolute Gasteiger partial charge is 0.306 e. The Hall–Kier alpha value is -3.59. The molecule has 446 valence electrons. The fourth-order valence-corrected chi connectivity index (χ4v) is 8.90. The monoisotopic (exact) mass is 1110 g/mol. The fraction of sp³-hybridized carbons (Fsp3) is 0.676. The van der Waals surface area contributed by atoms with Crippen molar-refractivity contribution in [2.45, 2.75) is 251 Å². The number of nitrogens with zero attached hydrogens (tertiary/aromatic N) is 1. The van der Waals surface area contributed by atoms with E-state index in [1.807, 2.05) is 21.1 Å². The first-order valence-corrected chi connectivity index (χ1v) is 32.7. The molecule has 0 aliphatic heterocycles. The summed E-state index contributed by atoms with van der Waals surface area (Å²) in [6, 6.07) is 0. The molecule has 0 aliphatic carbocycles. The molecular formula is C68H116NO8P. The summed E-state index contributed by atoms with van der Waals surface area (Å²) in [6.07, 6.45) is 82.5. The zero-order valence-electron chi connectivity index (χ0n) is 50.6. The molecule has 0 aromatic carbocycles. The van der Waals surface area contributed by atoms with Gasteiger partial charge in [-0.05, 0) is 109 Å². The Morgan fingerprint density at radius 1 is 0.410 bits per heavy atom. The van der Waals surface area contributed by atoms with E-state index in [1.54, 1.807) is 0 Å². The molecule has 0 heterocycles. The molecule has 0 saturated heterocycles. The van der Waals surface area contributed by atoms with Gasteiger partial charge in [0.05, 0.1) is 27.7 Å². The summed E-state index contributed by atoms with van der Waals surface area (Å²) < 4.78 is 34.2. The van der Waals surface area contributed by atoms with E-state index in [1.165, 1.54) is 96.3 Å². The van der Waals surface area contributed by atoms with E-state index in [2.05, 4.69) is 135 Å². The number of hydrogen-bond acceptors (Lipinski definition) is 8. The minimum absolute atomic E-state index is 0.0379. The molecule has 0 aromatic heterocycles. The van der Waals surface area contributed by atoms with Crippen molar-refractivity contribution >= 4 is 19.8 Å². The first-order valence-electron chi connectivity index (χ1n) is 31.2. The van der Waals surface area contributed by atoms with E-state index < -0.39 is 32.5 Å². The number of quaternary nitrogens is 1. The maximum absolute atomic E-state index is 12.8. The summed E-state index contributed by atoms with van der Waals surface area (Å²) in [5.41, 5.74) is 0. The number of likely N-dealkylation sites (N-methyl/N-ethyl adjacent to an activating group) is 1. The Balaban J connectivity index is 4.14. The topological polar surface area (TPSA) is 111 Å². The first kappa shape index (κ1) is 74.4. The Kier molecular flexibility index (Phi) is 55.4. The molecule has 0 N–H and O–H groups in total. The number of ether oxygens (including phenoxy) is 2. The highest BCUT2D eigenvalue weighted by Crippen LogP contribution is 2.38. The van der Waals surface area contributed by atoms with Gasteiger partial charge in [0, 0.05) is 12.8 Å². The lowest BCUT2D eigenvalue weighted by Gasteiger charge is -2.28. The van der Waals surface area contributed by atoms with Crippen molar-refractivity contribution in [3.8, 4) is 0 Å². The molecule has 0 spiro atoms. The molecule has 0 rings (SSSR count). The minimum Gasteiger partial charge on any atom is -0.756 e. The third-order valence-electron chi connectivity index (χ3n) is 13.0. The van der Waals surface area contributed by atoms with Crippen molar-refractivity contribution in [2.24, 2.45) is 0 Å². The summed E-state index contributed by atoms with van der Waals surface area (Å²) >= 11 is 0.